The zero-order valence-corrected chi connectivity index (χ0v) is 49.2. The molecule has 0 saturated heterocycles. The third kappa shape index (κ3) is 9.78. The van der Waals surface area contributed by atoms with Gasteiger partial charge in [0.1, 0.15) is 11.6 Å². The molecule has 10 rings (SSSR count). The maximum Gasteiger partial charge on any atom is 0.148 e. The Labute approximate surface area is 463 Å². The largest absolute Gasteiger partial charge is 0.507 e. The molecule has 0 saturated carbocycles. The Bertz CT molecular complexity index is 3880. The maximum absolute atomic E-state index is 12.9. The Hall–Kier alpha value is -6.35. The smallest absolute Gasteiger partial charge is 0.148 e. The van der Waals surface area contributed by atoms with Crippen LogP contribution in [0.1, 0.15) is 159 Å². The van der Waals surface area contributed by atoms with E-state index in [1.165, 1.54) is 32.5 Å². The SMILES string of the molecule is [2H]C(C)(C)c1cc(-c2ccc3c4ccccc4c4ccccc4c3c2)cc(C([2H])(C)C)c1-n1c(-c2cc(C(C)(C)C)cc(C(C)(C)C)c2O)nc2c(-c3[c-]c(-c4cc(C(C)(C)C)ccn4)cc(C(C)(C)C)c3)cccc21.[Pt]. The summed E-state index contributed by atoms with van der Waals surface area (Å²) in [4.78, 5) is 10.7. The van der Waals surface area contributed by atoms with Gasteiger partial charge in [-0.3, -0.25) is 9.55 Å². The van der Waals surface area contributed by atoms with Crippen molar-refractivity contribution in [1.82, 2.24) is 14.5 Å². The molecule has 0 radical (unpaired) electrons. The van der Waals surface area contributed by atoms with Gasteiger partial charge in [0.15, 0.2) is 0 Å². The second-order valence-electron chi connectivity index (χ2n) is 25.3. The molecule has 10 aromatic rings. The van der Waals surface area contributed by atoms with Crippen LogP contribution in [0.2, 0.25) is 0 Å². The standard InChI is InChI=1S/C70H74N3O.Pt/c1-41(2)56-36-44(43-28-29-55-53-24-18-17-22-51(53)52-23-19-20-25-54(52)58(55)35-43)37-57(42(3)4)64(56)73-62-27-21-26-50(63(62)72-66(73)59-38-49(69(11,12)13)39-60(65(59)74)70(14,15)16)45-32-46(34-48(33-45)68(8,9)10)61-40-47(30-31-71-61)67(5,6)7;/h17-31,33-42,74H,1-16H3;/q-1;/i41D,42D;. The molecule has 0 aliphatic rings. The molecular weight excluding hydrogens is 1090 g/mol. The van der Waals surface area contributed by atoms with Crippen molar-refractivity contribution < 1.29 is 28.9 Å². The average Bonchev–Trinajstić information content (AvgIpc) is 3.84. The Morgan fingerprint density at radius 1 is 0.507 bits per heavy atom. The quantitative estimate of drug-likeness (QED) is 0.128. The minimum atomic E-state index is -1.17. The minimum Gasteiger partial charge on any atom is -0.507 e. The number of imidazole rings is 1. The molecule has 0 bridgehead atoms. The fraction of sp³-hybridized carbons (Fsp3) is 0.314. The van der Waals surface area contributed by atoms with E-state index in [0.717, 1.165) is 77.7 Å². The normalized spacial score (nSPS) is 13.4. The van der Waals surface area contributed by atoms with Gasteiger partial charge in [-0.1, -0.05) is 207 Å². The van der Waals surface area contributed by atoms with E-state index in [1.807, 2.05) is 33.9 Å². The van der Waals surface area contributed by atoms with Crippen molar-refractivity contribution in [3.8, 4) is 56.3 Å². The number of benzene rings is 8. The monoisotopic (exact) mass is 1170 g/mol. The van der Waals surface area contributed by atoms with Crippen LogP contribution in [0.25, 0.3) is 93.9 Å². The number of phenols is 1. The van der Waals surface area contributed by atoms with Crippen LogP contribution in [0.15, 0.2) is 140 Å². The fourth-order valence-electron chi connectivity index (χ4n) is 10.8. The van der Waals surface area contributed by atoms with Gasteiger partial charge < -0.3 is 5.11 Å². The number of phenolic OH excluding ortho intramolecular Hbond substituents is 1. The molecular formula is C70H74N3OPt-. The second-order valence-corrected chi connectivity index (χ2v) is 25.3. The van der Waals surface area contributed by atoms with Gasteiger partial charge in [0.2, 0.25) is 0 Å². The first-order valence-electron chi connectivity index (χ1n) is 27.4. The summed E-state index contributed by atoms with van der Waals surface area (Å²) in [6, 6.07) is 51.5. The third-order valence-electron chi connectivity index (χ3n) is 15.1. The van der Waals surface area contributed by atoms with Crippen LogP contribution in [0.3, 0.4) is 0 Å². The van der Waals surface area contributed by atoms with E-state index in [0.29, 0.717) is 17.1 Å². The molecule has 0 aliphatic carbocycles. The van der Waals surface area contributed by atoms with Crippen molar-refractivity contribution >= 4 is 43.4 Å². The summed E-state index contributed by atoms with van der Waals surface area (Å²) in [6.45, 7) is 34.2. The number of aromatic hydroxyl groups is 1. The van der Waals surface area contributed by atoms with E-state index in [1.54, 1.807) is 0 Å². The molecule has 75 heavy (non-hydrogen) atoms. The summed E-state index contributed by atoms with van der Waals surface area (Å²) in [6.07, 6.45) is 1.90. The molecule has 1 N–H and O–H groups in total. The van der Waals surface area contributed by atoms with Crippen molar-refractivity contribution in [2.75, 3.05) is 0 Å². The number of para-hydroxylation sites is 1. The number of nitrogens with zero attached hydrogens (tertiary/aromatic N) is 3. The van der Waals surface area contributed by atoms with E-state index in [2.05, 4.69) is 227 Å². The van der Waals surface area contributed by atoms with Crippen molar-refractivity contribution in [3.63, 3.8) is 0 Å². The first-order chi connectivity index (χ1) is 35.4. The number of aromatic nitrogens is 3. The number of hydrogen-bond donors (Lipinski definition) is 1. The first kappa shape index (κ1) is 50.8. The number of rotatable bonds is 7. The average molecular weight is 1170 g/mol. The van der Waals surface area contributed by atoms with Crippen LogP contribution < -0.4 is 0 Å². The van der Waals surface area contributed by atoms with Crippen molar-refractivity contribution in [3.05, 3.63) is 179 Å². The van der Waals surface area contributed by atoms with Crippen LogP contribution in [0.4, 0.5) is 0 Å². The van der Waals surface area contributed by atoms with Gasteiger partial charge in [-0.15, -0.1) is 29.3 Å². The molecule has 2 heterocycles. The van der Waals surface area contributed by atoms with Gasteiger partial charge in [-0.2, -0.15) is 0 Å². The van der Waals surface area contributed by atoms with Crippen LogP contribution in [-0.2, 0) is 42.7 Å². The van der Waals surface area contributed by atoms with E-state index < -0.39 is 17.2 Å². The van der Waals surface area contributed by atoms with Crippen LogP contribution in [0.5, 0.6) is 5.75 Å². The predicted octanol–water partition coefficient (Wildman–Crippen LogP) is 19.5. The third-order valence-corrected chi connectivity index (χ3v) is 15.1. The van der Waals surface area contributed by atoms with Gasteiger partial charge in [-0.25, -0.2) is 4.98 Å². The summed E-state index contributed by atoms with van der Waals surface area (Å²) < 4.78 is 22.4. The zero-order chi connectivity index (χ0) is 54.8. The molecule has 0 spiro atoms. The Balaban J connectivity index is 0.00000722. The van der Waals surface area contributed by atoms with Crippen molar-refractivity contribution in [1.29, 1.82) is 0 Å². The van der Waals surface area contributed by atoms with E-state index in [9.17, 15) is 7.85 Å². The van der Waals surface area contributed by atoms with E-state index in [-0.39, 0.29) is 43.1 Å². The van der Waals surface area contributed by atoms with Crippen LogP contribution in [0, 0.1) is 6.07 Å². The summed E-state index contributed by atoms with van der Waals surface area (Å²) in [5, 5.41) is 20.0. The molecule has 2 aromatic heterocycles. The predicted molar refractivity (Wildman–Crippen MR) is 317 cm³/mol. The molecule has 0 aliphatic heterocycles. The topological polar surface area (TPSA) is 50.9 Å². The molecule has 0 unspecified atom stereocenters. The Morgan fingerprint density at radius 3 is 1.59 bits per heavy atom. The van der Waals surface area contributed by atoms with Gasteiger partial charge in [0.05, 0.1) is 22.3 Å². The van der Waals surface area contributed by atoms with Gasteiger partial charge >= 0.3 is 0 Å². The van der Waals surface area contributed by atoms with E-state index in [4.69, 9.17) is 9.97 Å². The number of hydrogen-bond acceptors (Lipinski definition) is 3. The Morgan fingerprint density at radius 2 is 1.04 bits per heavy atom. The maximum atomic E-state index is 12.9. The van der Waals surface area contributed by atoms with Gasteiger partial charge in [-0.05, 0) is 136 Å². The fourth-order valence-corrected chi connectivity index (χ4v) is 10.8. The Kier molecular flexibility index (Phi) is 13.1. The van der Waals surface area contributed by atoms with Gasteiger partial charge in [0.25, 0.3) is 0 Å². The first-order valence-corrected chi connectivity index (χ1v) is 26.4. The molecule has 0 fully saturated rings. The molecule has 8 aromatic carbocycles. The molecule has 386 valence electrons. The van der Waals surface area contributed by atoms with Crippen LogP contribution >= 0.6 is 0 Å². The minimum absolute atomic E-state index is 0. The summed E-state index contributed by atoms with van der Waals surface area (Å²) in [7, 11) is 0. The number of fused-ring (bicyclic) bond motifs is 7. The summed E-state index contributed by atoms with van der Waals surface area (Å²) in [5.74, 6) is -1.63. The van der Waals surface area contributed by atoms with Crippen molar-refractivity contribution in [2.24, 2.45) is 0 Å². The molecule has 0 atom stereocenters. The second kappa shape index (κ2) is 19.3. The molecule has 4 nitrogen and oxygen atoms in total. The van der Waals surface area contributed by atoms with E-state index >= 15 is 0 Å². The summed E-state index contributed by atoms with van der Waals surface area (Å²) in [5.41, 5.74) is 13.0. The van der Waals surface area contributed by atoms with Gasteiger partial charge in [0, 0.05) is 41.3 Å². The number of pyridine rings is 1. The molecule has 0 amide bonds. The zero-order valence-electron chi connectivity index (χ0n) is 48.9. The van der Waals surface area contributed by atoms with Crippen molar-refractivity contribution in [2.45, 2.75) is 144 Å². The molecule has 5 heteroatoms. The van der Waals surface area contributed by atoms with Crippen LogP contribution in [-0.4, -0.2) is 19.6 Å². The summed E-state index contributed by atoms with van der Waals surface area (Å²) >= 11 is 0.